The van der Waals surface area contributed by atoms with Gasteiger partial charge in [0.2, 0.25) is 5.91 Å². The van der Waals surface area contributed by atoms with Gasteiger partial charge in [-0.2, -0.15) is 10.4 Å². The number of nitrogens with zero attached hydrogens (tertiary/aromatic N) is 4. The molecule has 0 spiro atoms. The second kappa shape index (κ2) is 7.03. The van der Waals surface area contributed by atoms with Gasteiger partial charge in [0.1, 0.15) is 5.82 Å². The van der Waals surface area contributed by atoms with Crippen molar-refractivity contribution in [2.24, 2.45) is 13.0 Å². The summed E-state index contributed by atoms with van der Waals surface area (Å²) >= 11 is 0. The Labute approximate surface area is 145 Å². The van der Waals surface area contributed by atoms with E-state index in [-0.39, 0.29) is 23.6 Å². The van der Waals surface area contributed by atoms with Crippen LogP contribution in [0.3, 0.4) is 0 Å². The number of benzene rings is 1. The number of amides is 1. The molecule has 130 valence electrons. The predicted molar refractivity (Wildman–Crippen MR) is 89.9 cm³/mol. The third-order valence-electron chi connectivity index (χ3n) is 4.70. The van der Waals surface area contributed by atoms with E-state index in [1.54, 1.807) is 24.0 Å². The van der Waals surface area contributed by atoms with E-state index < -0.39 is 0 Å². The molecule has 7 heteroatoms. The summed E-state index contributed by atoms with van der Waals surface area (Å²) in [5.41, 5.74) is 1.91. The van der Waals surface area contributed by atoms with Crippen molar-refractivity contribution in [3.05, 3.63) is 53.1 Å². The SMILES string of the molecule is CNC(=O)[C@H]1CN(Cc2cc(C#N)ccc2F)C[C@@H]1c1cnn(C)c1. The minimum Gasteiger partial charge on any atom is -0.359 e. The van der Waals surface area contributed by atoms with Crippen LogP contribution in [0.15, 0.2) is 30.6 Å². The number of rotatable bonds is 4. The van der Waals surface area contributed by atoms with Gasteiger partial charge >= 0.3 is 0 Å². The molecule has 2 atom stereocenters. The Bertz CT molecular complexity index is 825. The largest absolute Gasteiger partial charge is 0.359 e. The average molecular weight is 341 g/mol. The molecule has 1 N–H and O–H groups in total. The lowest BCUT2D eigenvalue weighted by molar-refractivity contribution is -0.124. The molecule has 1 aliphatic rings. The molecule has 25 heavy (non-hydrogen) atoms. The van der Waals surface area contributed by atoms with E-state index in [1.807, 2.05) is 19.3 Å². The molecule has 2 heterocycles. The van der Waals surface area contributed by atoms with E-state index in [2.05, 4.69) is 15.3 Å². The highest BCUT2D eigenvalue weighted by atomic mass is 19.1. The number of likely N-dealkylation sites (tertiary alicyclic amines) is 1. The first-order chi connectivity index (χ1) is 12.0. The number of hydrogen-bond acceptors (Lipinski definition) is 4. The molecule has 2 aromatic rings. The monoisotopic (exact) mass is 341 g/mol. The summed E-state index contributed by atoms with van der Waals surface area (Å²) in [6.45, 7) is 1.54. The smallest absolute Gasteiger partial charge is 0.224 e. The van der Waals surface area contributed by atoms with Crippen LogP contribution >= 0.6 is 0 Å². The van der Waals surface area contributed by atoms with Crippen LogP contribution in [-0.2, 0) is 18.4 Å². The number of nitrogens with one attached hydrogen (secondary N) is 1. The van der Waals surface area contributed by atoms with E-state index in [0.717, 1.165) is 5.56 Å². The summed E-state index contributed by atoms with van der Waals surface area (Å²) in [7, 11) is 3.47. The zero-order chi connectivity index (χ0) is 18.0. The van der Waals surface area contributed by atoms with Gasteiger partial charge in [-0.25, -0.2) is 4.39 Å². The van der Waals surface area contributed by atoms with Gasteiger partial charge < -0.3 is 5.32 Å². The minimum absolute atomic E-state index is 0.0101. The Kier molecular flexibility index (Phi) is 4.81. The second-order valence-electron chi connectivity index (χ2n) is 6.39. The van der Waals surface area contributed by atoms with Gasteiger partial charge in [0.15, 0.2) is 0 Å². The number of nitriles is 1. The molecule has 0 saturated carbocycles. The van der Waals surface area contributed by atoms with Crippen molar-refractivity contribution < 1.29 is 9.18 Å². The van der Waals surface area contributed by atoms with Crippen molar-refractivity contribution in [2.75, 3.05) is 20.1 Å². The van der Waals surface area contributed by atoms with Crippen LogP contribution in [0.4, 0.5) is 4.39 Å². The number of halogens is 1. The minimum atomic E-state index is -0.333. The molecule has 1 aromatic heterocycles. The van der Waals surface area contributed by atoms with Crippen molar-refractivity contribution >= 4 is 5.91 Å². The molecule has 0 radical (unpaired) electrons. The number of aromatic nitrogens is 2. The van der Waals surface area contributed by atoms with Crippen molar-refractivity contribution in [2.45, 2.75) is 12.5 Å². The van der Waals surface area contributed by atoms with Crippen LogP contribution in [0.2, 0.25) is 0 Å². The molecule has 1 aromatic carbocycles. The van der Waals surface area contributed by atoms with E-state index in [4.69, 9.17) is 5.26 Å². The lowest BCUT2D eigenvalue weighted by Crippen LogP contribution is -2.32. The van der Waals surface area contributed by atoms with E-state index >= 15 is 0 Å². The molecule has 1 saturated heterocycles. The number of aryl methyl sites for hydroxylation is 1. The average Bonchev–Trinajstić information content (AvgIpc) is 3.22. The van der Waals surface area contributed by atoms with Gasteiger partial charge in [0, 0.05) is 51.4 Å². The van der Waals surface area contributed by atoms with Crippen LogP contribution < -0.4 is 5.32 Å². The molecular weight excluding hydrogens is 321 g/mol. The second-order valence-corrected chi connectivity index (χ2v) is 6.39. The van der Waals surface area contributed by atoms with Crippen molar-refractivity contribution in [1.82, 2.24) is 20.0 Å². The molecule has 0 bridgehead atoms. The Morgan fingerprint density at radius 2 is 2.28 bits per heavy atom. The molecule has 1 aliphatic heterocycles. The van der Waals surface area contributed by atoms with Crippen molar-refractivity contribution in [3.8, 4) is 6.07 Å². The first kappa shape index (κ1) is 17.1. The van der Waals surface area contributed by atoms with E-state index in [1.165, 1.54) is 12.1 Å². The maximum atomic E-state index is 14.1. The highest BCUT2D eigenvalue weighted by Crippen LogP contribution is 2.33. The fourth-order valence-electron chi connectivity index (χ4n) is 3.44. The van der Waals surface area contributed by atoms with Gasteiger partial charge in [0.05, 0.1) is 23.7 Å². The fraction of sp³-hybridized carbons (Fsp3) is 0.389. The Balaban J connectivity index is 1.82. The lowest BCUT2D eigenvalue weighted by Gasteiger charge is -2.16. The first-order valence-electron chi connectivity index (χ1n) is 8.13. The zero-order valence-electron chi connectivity index (χ0n) is 14.2. The molecule has 1 fully saturated rings. The van der Waals surface area contributed by atoms with Gasteiger partial charge in [-0.3, -0.25) is 14.4 Å². The van der Waals surface area contributed by atoms with Crippen LogP contribution in [0.1, 0.15) is 22.6 Å². The summed E-state index contributed by atoms with van der Waals surface area (Å²) in [6, 6.07) is 6.39. The first-order valence-corrected chi connectivity index (χ1v) is 8.13. The molecule has 1 amide bonds. The molecular formula is C18H20FN5O. The highest BCUT2D eigenvalue weighted by molar-refractivity contribution is 5.80. The Hall–Kier alpha value is -2.72. The maximum Gasteiger partial charge on any atom is 0.224 e. The lowest BCUT2D eigenvalue weighted by atomic mass is 9.90. The zero-order valence-corrected chi connectivity index (χ0v) is 14.2. The standard InChI is InChI=1S/C18H20FN5O/c1-21-18(25)16-11-24(10-15(16)14-7-22-23(2)8-14)9-13-5-12(6-20)3-4-17(13)19/h3-5,7-8,15-16H,9-11H2,1-2H3,(H,21,25)/t15-,16+/m1/s1. The Morgan fingerprint density at radius 3 is 2.92 bits per heavy atom. The number of carbonyl (C=O) groups is 1. The Morgan fingerprint density at radius 1 is 1.48 bits per heavy atom. The topological polar surface area (TPSA) is 74.0 Å². The quantitative estimate of drug-likeness (QED) is 0.912. The van der Waals surface area contributed by atoms with Gasteiger partial charge in [0.25, 0.3) is 0 Å². The normalized spacial score (nSPS) is 20.4. The summed E-state index contributed by atoms with van der Waals surface area (Å²) in [5, 5.41) is 15.9. The third-order valence-corrected chi connectivity index (χ3v) is 4.70. The van der Waals surface area contributed by atoms with Crippen LogP contribution in [-0.4, -0.2) is 40.7 Å². The molecule has 6 nitrogen and oxygen atoms in total. The number of hydrogen-bond donors (Lipinski definition) is 1. The molecule has 3 rings (SSSR count). The van der Waals surface area contributed by atoms with Crippen molar-refractivity contribution in [3.63, 3.8) is 0 Å². The van der Waals surface area contributed by atoms with Crippen LogP contribution in [0, 0.1) is 23.1 Å². The van der Waals surface area contributed by atoms with E-state index in [0.29, 0.717) is 30.8 Å². The molecule has 0 unspecified atom stereocenters. The van der Waals surface area contributed by atoms with Gasteiger partial charge in [-0.05, 0) is 23.8 Å². The van der Waals surface area contributed by atoms with Crippen LogP contribution in [0.25, 0.3) is 0 Å². The van der Waals surface area contributed by atoms with Crippen molar-refractivity contribution in [1.29, 1.82) is 5.26 Å². The predicted octanol–water partition coefficient (Wildman–Crippen LogP) is 1.39. The van der Waals surface area contributed by atoms with E-state index in [9.17, 15) is 9.18 Å². The van der Waals surface area contributed by atoms with Gasteiger partial charge in [-0.15, -0.1) is 0 Å². The summed E-state index contributed by atoms with van der Waals surface area (Å²) in [5.74, 6) is -0.560. The van der Waals surface area contributed by atoms with Crippen LogP contribution in [0.5, 0.6) is 0 Å². The summed E-state index contributed by atoms with van der Waals surface area (Å²) in [6.07, 6.45) is 3.70. The summed E-state index contributed by atoms with van der Waals surface area (Å²) < 4.78 is 15.8. The fourth-order valence-corrected chi connectivity index (χ4v) is 3.44. The third kappa shape index (κ3) is 3.54. The highest BCUT2D eigenvalue weighted by Gasteiger charge is 2.38. The number of carbonyl (C=O) groups excluding carboxylic acids is 1. The molecule has 0 aliphatic carbocycles. The maximum absolute atomic E-state index is 14.1. The van der Waals surface area contributed by atoms with Gasteiger partial charge in [-0.1, -0.05) is 0 Å². The summed E-state index contributed by atoms with van der Waals surface area (Å²) in [4.78, 5) is 14.3.